The van der Waals surface area contributed by atoms with Crippen LogP contribution in [0.3, 0.4) is 0 Å². The van der Waals surface area contributed by atoms with E-state index in [1.165, 1.54) is 0 Å². The van der Waals surface area contributed by atoms with E-state index in [1.807, 2.05) is 44.2 Å². The normalized spacial score (nSPS) is 16.3. The van der Waals surface area contributed by atoms with E-state index in [0.29, 0.717) is 18.9 Å². The Bertz CT molecular complexity index is 1030. The first kappa shape index (κ1) is 19.3. The van der Waals surface area contributed by atoms with E-state index in [4.69, 9.17) is 9.47 Å². The smallest absolute Gasteiger partial charge is 0.294 e. The fraction of sp³-hybridized carbons (Fsp3) is 0.429. The number of amides is 1. The lowest BCUT2D eigenvalue weighted by molar-refractivity contribution is 0.0497. The summed E-state index contributed by atoms with van der Waals surface area (Å²) in [6, 6.07) is 9.61. The number of hydrogen-bond donors (Lipinski definition) is 0. The number of fused-ring (bicyclic) bond motifs is 1. The minimum absolute atomic E-state index is 0.0211. The summed E-state index contributed by atoms with van der Waals surface area (Å²) in [5.41, 5.74) is 2.65. The van der Waals surface area contributed by atoms with Gasteiger partial charge in [-0.05, 0) is 38.8 Å². The van der Waals surface area contributed by atoms with Gasteiger partial charge in [-0.2, -0.15) is 4.98 Å². The van der Waals surface area contributed by atoms with Crippen LogP contribution >= 0.6 is 0 Å². The van der Waals surface area contributed by atoms with Crippen LogP contribution in [0.25, 0.3) is 5.78 Å². The number of carbonyl (C=O) groups excluding carboxylic acids is 1. The summed E-state index contributed by atoms with van der Waals surface area (Å²) >= 11 is 0. The molecule has 1 amide bonds. The lowest BCUT2D eigenvalue weighted by Crippen LogP contribution is -2.37. The Kier molecular flexibility index (Phi) is 5.44. The average Bonchev–Trinajstić information content (AvgIpc) is 3.37. The van der Waals surface area contributed by atoms with Crippen LogP contribution in [0.15, 0.2) is 30.3 Å². The first-order chi connectivity index (χ1) is 14.0. The highest BCUT2D eigenvalue weighted by Crippen LogP contribution is 2.22. The van der Waals surface area contributed by atoms with Crippen LogP contribution < -0.4 is 4.74 Å². The second-order valence-electron chi connectivity index (χ2n) is 7.32. The van der Waals surface area contributed by atoms with Gasteiger partial charge in [-0.3, -0.25) is 4.79 Å². The van der Waals surface area contributed by atoms with Crippen LogP contribution in [0.2, 0.25) is 0 Å². The molecule has 1 aliphatic rings. The molecule has 152 valence electrons. The molecular weight excluding hydrogens is 370 g/mol. The summed E-state index contributed by atoms with van der Waals surface area (Å²) in [5.74, 6) is 1.07. The monoisotopic (exact) mass is 395 g/mol. The lowest BCUT2D eigenvalue weighted by Gasteiger charge is -2.25. The van der Waals surface area contributed by atoms with Crippen LogP contribution in [0.1, 0.15) is 40.4 Å². The van der Waals surface area contributed by atoms with Gasteiger partial charge in [-0.25, -0.2) is 9.50 Å². The number of methoxy groups -OCH3 is 1. The molecule has 0 radical (unpaired) electrons. The third-order valence-corrected chi connectivity index (χ3v) is 5.10. The molecule has 3 heterocycles. The second kappa shape index (κ2) is 8.16. The van der Waals surface area contributed by atoms with Crippen LogP contribution in [0.5, 0.6) is 5.75 Å². The number of hydrogen-bond acceptors (Lipinski definition) is 6. The predicted molar refractivity (Wildman–Crippen MR) is 107 cm³/mol. The van der Waals surface area contributed by atoms with Crippen LogP contribution in [0.4, 0.5) is 0 Å². The van der Waals surface area contributed by atoms with Crippen molar-refractivity contribution < 1.29 is 14.3 Å². The summed E-state index contributed by atoms with van der Waals surface area (Å²) in [7, 11) is 1.63. The van der Waals surface area contributed by atoms with Crippen molar-refractivity contribution in [1.29, 1.82) is 0 Å². The number of aromatic nitrogens is 4. The molecule has 1 fully saturated rings. The molecule has 1 unspecified atom stereocenters. The van der Waals surface area contributed by atoms with Crippen LogP contribution in [-0.2, 0) is 11.3 Å². The van der Waals surface area contributed by atoms with Crippen molar-refractivity contribution >= 4 is 11.7 Å². The average molecular weight is 395 g/mol. The maximum absolute atomic E-state index is 13.4. The van der Waals surface area contributed by atoms with Gasteiger partial charge in [0.15, 0.2) is 0 Å². The van der Waals surface area contributed by atoms with E-state index in [-0.39, 0.29) is 17.8 Å². The van der Waals surface area contributed by atoms with Crippen molar-refractivity contribution in [3.63, 3.8) is 0 Å². The predicted octanol–water partition coefficient (Wildman–Crippen LogP) is 2.57. The highest BCUT2D eigenvalue weighted by atomic mass is 16.5. The van der Waals surface area contributed by atoms with Gasteiger partial charge >= 0.3 is 0 Å². The molecule has 4 rings (SSSR count). The Balaban J connectivity index is 1.66. The standard InChI is InChI=1S/C21H25N5O3/c1-14-11-15(2)26-21(22-14)23-19(24-26)20(27)25(13-17-8-6-10-29-17)12-16-7-4-5-9-18(16)28-3/h4-5,7,9,11,17H,6,8,10,12-13H2,1-3H3. The van der Waals surface area contributed by atoms with Gasteiger partial charge in [0, 0.05) is 36.6 Å². The van der Waals surface area contributed by atoms with Crippen molar-refractivity contribution in [2.75, 3.05) is 20.3 Å². The molecule has 0 aliphatic carbocycles. The van der Waals surface area contributed by atoms with Crippen LogP contribution in [-0.4, -0.2) is 56.8 Å². The first-order valence-corrected chi connectivity index (χ1v) is 9.79. The van der Waals surface area contributed by atoms with Gasteiger partial charge in [-0.1, -0.05) is 18.2 Å². The highest BCUT2D eigenvalue weighted by molar-refractivity contribution is 5.91. The fourth-order valence-electron chi connectivity index (χ4n) is 3.69. The molecule has 1 aromatic carbocycles. The van der Waals surface area contributed by atoms with E-state index in [0.717, 1.165) is 42.1 Å². The third kappa shape index (κ3) is 4.07. The van der Waals surface area contributed by atoms with E-state index >= 15 is 0 Å². The zero-order chi connectivity index (χ0) is 20.4. The number of rotatable bonds is 6. The van der Waals surface area contributed by atoms with Gasteiger partial charge in [0.25, 0.3) is 11.7 Å². The molecule has 1 aliphatic heterocycles. The first-order valence-electron chi connectivity index (χ1n) is 9.79. The summed E-state index contributed by atoms with van der Waals surface area (Å²) in [6.07, 6.45) is 1.97. The zero-order valence-electron chi connectivity index (χ0n) is 17.0. The number of benzene rings is 1. The van der Waals surface area contributed by atoms with E-state index in [1.54, 1.807) is 16.5 Å². The topological polar surface area (TPSA) is 81.9 Å². The third-order valence-electron chi connectivity index (χ3n) is 5.10. The summed E-state index contributed by atoms with van der Waals surface area (Å²) < 4.78 is 12.8. The van der Waals surface area contributed by atoms with Gasteiger partial charge < -0.3 is 14.4 Å². The van der Waals surface area contributed by atoms with Gasteiger partial charge in [-0.15, -0.1) is 5.10 Å². The van der Waals surface area contributed by atoms with E-state index in [9.17, 15) is 4.79 Å². The molecule has 1 atom stereocenters. The van der Waals surface area contributed by atoms with Crippen molar-refractivity contribution in [2.24, 2.45) is 0 Å². The molecule has 29 heavy (non-hydrogen) atoms. The van der Waals surface area contributed by atoms with Crippen LogP contribution in [0, 0.1) is 13.8 Å². The molecule has 2 aromatic heterocycles. The Hall–Kier alpha value is -3.00. The summed E-state index contributed by atoms with van der Waals surface area (Å²) in [6.45, 7) is 5.43. The van der Waals surface area contributed by atoms with Crippen molar-refractivity contribution in [1.82, 2.24) is 24.5 Å². The zero-order valence-corrected chi connectivity index (χ0v) is 17.0. The van der Waals surface area contributed by atoms with Crippen molar-refractivity contribution in [2.45, 2.75) is 39.3 Å². The Morgan fingerprint density at radius 3 is 2.90 bits per heavy atom. The molecule has 0 saturated carbocycles. The molecule has 8 nitrogen and oxygen atoms in total. The molecule has 0 spiro atoms. The quantitative estimate of drug-likeness (QED) is 0.638. The van der Waals surface area contributed by atoms with E-state index in [2.05, 4.69) is 15.1 Å². The largest absolute Gasteiger partial charge is 0.496 e. The fourth-order valence-corrected chi connectivity index (χ4v) is 3.69. The molecular formula is C21H25N5O3. The maximum atomic E-state index is 13.4. The number of para-hydroxylation sites is 1. The minimum atomic E-state index is -0.242. The number of nitrogens with zero attached hydrogens (tertiary/aromatic N) is 5. The number of ether oxygens (including phenoxy) is 2. The lowest BCUT2D eigenvalue weighted by atomic mass is 10.1. The van der Waals surface area contributed by atoms with E-state index < -0.39 is 0 Å². The second-order valence-corrected chi connectivity index (χ2v) is 7.32. The Labute approximate surface area is 169 Å². The minimum Gasteiger partial charge on any atom is -0.496 e. The summed E-state index contributed by atoms with van der Waals surface area (Å²) in [5, 5.41) is 4.41. The summed E-state index contributed by atoms with van der Waals surface area (Å²) in [4.78, 5) is 23.9. The number of carbonyl (C=O) groups is 1. The molecule has 0 N–H and O–H groups in total. The molecule has 1 saturated heterocycles. The van der Waals surface area contributed by atoms with Gasteiger partial charge in [0.2, 0.25) is 5.82 Å². The highest BCUT2D eigenvalue weighted by Gasteiger charge is 2.27. The maximum Gasteiger partial charge on any atom is 0.294 e. The molecule has 0 bridgehead atoms. The Morgan fingerprint density at radius 2 is 2.14 bits per heavy atom. The number of aryl methyl sites for hydroxylation is 2. The van der Waals surface area contributed by atoms with Crippen molar-refractivity contribution in [3.05, 3.63) is 53.1 Å². The SMILES string of the molecule is COc1ccccc1CN(CC1CCCO1)C(=O)c1nc2nc(C)cc(C)n2n1. The van der Waals surface area contributed by atoms with Crippen molar-refractivity contribution in [3.8, 4) is 5.75 Å². The molecule has 3 aromatic rings. The Morgan fingerprint density at radius 1 is 1.31 bits per heavy atom. The van der Waals surface area contributed by atoms with Gasteiger partial charge in [0.1, 0.15) is 5.75 Å². The molecule has 8 heteroatoms. The van der Waals surface area contributed by atoms with Gasteiger partial charge in [0.05, 0.1) is 13.2 Å².